The van der Waals surface area contributed by atoms with Gasteiger partial charge in [0.15, 0.2) is 5.82 Å². The molecule has 148 valence electrons. The Morgan fingerprint density at radius 1 is 1.18 bits per heavy atom. The molecule has 0 aliphatic carbocycles. The van der Waals surface area contributed by atoms with E-state index in [1.807, 2.05) is 28.9 Å². The third-order valence-electron chi connectivity index (χ3n) is 5.64. The van der Waals surface area contributed by atoms with Gasteiger partial charge < -0.3 is 14.5 Å². The predicted octanol–water partition coefficient (Wildman–Crippen LogP) is 2.11. The molecule has 1 spiro atoms. The van der Waals surface area contributed by atoms with Crippen LogP contribution in [0.1, 0.15) is 30.5 Å². The molecule has 1 amide bonds. The van der Waals surface area contributed by atoms with Crippen LogP contribution in [0.25, 0.3) is 0 Å². The van der Waals surface area contributed by atoms with Gasteiger partial charge in [0.1, 0.15) is 0 Å². The maximum absolute atomic E-state index is 13.0. The number of carbonyl (C=O) groups is 1. The maximum Gasteiger partial charge on any atom is 0.225 e. The van der Waals surface area contributed by atoms with E-state index in [0.29, 0.717) is 45.2 Å². The van der Waals surface area contributed by atoms with E-state index in [2.05, 4.69) is 15.0 Å². The molecular formula is C20H24FN5O2. The molecule has 2 aromatic rings. The normalized spacial score (nSPS) is 19.7. The molecule has 4 rings (SSSR count). The van der Waals surface area contributed by atoms with E-state index in [9.17, 15) is 9.18 Å². The molecule has 0 N–H and O–H groups in total. The van der Waals surface area contributed by atoms with Crippen LogP contribution in [-0.4, -0.2) is 57.6 Å². The third kappa shape index (κ3) is 3.96. The summed E-state index contributed by atoms with van der Waals surface area (Å²) < 4.78 is 19.2. The number of hydrogen-bond acceptors (Lipinski definition) is 6. The summed E-state index contributed by atoms with van der Waals surface area (Å²) in [6, 6.07) is 3.91. The predicted molar refractivity (Wildman–Crippen MR) is 101 cm³/mol. The van der Waals surface area contributed by atoms with Gasteiger partial charge in [0.25, 0.3) is 0 Å². The van der Waals surface area contributed by atoms with Gasteiger partial charge in [-0.05, 0) is 31.4 Å². The van der Waals surface area contributed by atoms with Crippen molar-refractivity contribution in [2.24, 2.45) is 0 Å². The van der Waals surface area contributed by atoms with Gasteiger partial charge in [-0.3, -0.25) is 9.78 Å². The van der Waals surface area contributed by atoms with Gasteiger partial charge in [-0.15, -0.1) is 0 Å². The molecule has 4 heterocycles. The average Bonchev–Trinajstić information content (AvgIpc) is 2.84. The summed E-state index contributed by atoms with van der Waals surface area (Å²) >= 11 is 0. The molecule has 2 aliphatic rings. The summed E-state index contributed by atoms with van der Waals surface area (Å²) in [6.07, 6.45) is 5.94. The van der Waals surface area contributed by atoms with Crippen LogP contribution in [0.2, 0.25) is 0 Å². The first-order valence-electron chi connectivity index (χ1n) is 9.59. The lowest BCUT2D eigenvalue weighted by Gasteiger charge is -2.40. The van der Waals surface area contributed by atoms with E-state index in [1.165, 1.54) is 12.4 Å². The van der Waals surface area contributed by atoms with Crippen molar-refractivity contribution in [1.82, 2.24) is 19.9 Å². The van der Waals surface area contributed by atoms with Gasteiger partial charge in [-0.25, -0.2) is 14.4 Å². The van der Waals surface area contributed by atoms with Gasteiger partial charge in [0, 0.05) is 38.1 Å². The Labute approximate surface area is 163 Å². The van der Waals surface area contributed by atoms with Gasteiger partial charge in [0.2, 0.25) is 11.9 Å². The van der Waals surface area contributed by atoms with Crippen molar-refractivity contribution in [1.29, 1.82) is 0 Å². The summed E-state index contributed by atoms with van der Waals surface area (Å²) in [7, 11) is 0. The summed E-state index contributed by atoms with van der Waals surface area (Å²) in [6.45, 7) is 5.00. The largest absolute Gasteiger partial charge is 0.372 e. The quantitative estimate of drug-likeness (QED) is 0.806. The van der Waals surface area contributed by atoms with E-state index >= 15 is 0 Å². The number of piperidine rings is 1. The maximum atomic E-state index is 13.0. The van der Waals surface area contributed by atoms with E-state index in [4.69, 9.17) is 4.74 Å². The molecule has 0 bridgehead atoms. The minimum Gasteiger partial charge on any atom is -0.372 e. The van der Waals surface area contributed by atoms with Gasteiger partial charge in [-0.2, -0.15) is 0 Å². The monoisotopic (exact) mass is 385 g/mol. The number of pyridine rings is 1. The van der Waals surface area contributed by atoms with Crippen LogP contribution in [0.5, 0.6) is 0 Å². The molecule has 2 saturated heterocycles. The number of aryl methyl sites for hydroxylation is 1. The number of nitrogens with zero attached hydrogens (tertiary/aromatic N) is 5. The summed E-state index contributed by atoms with van der Waals surface area (Å²) in [5.74, 6) is 0.191. The fourth-order valence-corrected chi connectivity index (χ4v) is 3.90. The number of amides is 1. The Balaban J connectivity index is 1.40. The summed E-state index contributed by atoms with van der Waals surface area (Å²) in [5.41, 5.74) is 1.57. The molecule has 0 aromatic carbocycles. The first kappa shape index (κ1) is 18.7. The van der Waals surface area contributed by atoms with Crippen molar-refractivity contribution in [3.05, 3.63) is 47.8 Å². The number of halogens is 1. The molecule has 0 unspecified atom stereocenters. The second-order valence-electron chi connectivity index (χ2n) is 7.46. The topological polar surface area (TPSA) is 71.5 Å². The van der Waals surface area contributed by atoms with Crippen molar-refractivity contribution in [2.45, 2.75) is 38.3 Å². The Morgan fingerprint density at radius 3 is 2.64 bits per heavy atom. The molecule has 0 saturated carbocycles. The van der Waals surface area contributed by atoms with E-state index in [0.717, 1.165) is 24.1 Å². The summed E-state index contributed by atoms with van der Waals surface area (Å²) in [4.78, 5) is 29.2. The Morgan fingerprint density at radius 2 is 1.93 bits per heavy atom. The van der Waals surface area contributed by atoms with Gasteiger partial charge in [0.05, 0.1) is 31.0 Å². The zero-order chi connectivity index (χ0) is 19.6. The van der Waals surface area contributed by atoms with Gasteiger partial charge >= 0.3 is 0 Å². The molecule has 0 atom stereocenters. The van der Waals surface area contributed by atoms with Crippen LogP contribution in [0.15, 0.2) is 30.7 Å². The Kier molecular flexibility index (Phi) is 5.21. The van der Waals surface area contributed by atoms with Gasteiger partial charge in [-0.1, -0.05) is 6.07 Å². The van der Waals surface area contributed by atoms with Crippen LogP contribution < -0.4 is 4.90 Å². The van der Waals surface area contributed by atoms with Crippen LogP contribution in [0.3, 0.4) is 0 Å². The first-order valence-corrected chi connectivity index (χ1v) is 9.59. The molecule has 0 radical (unpaired) electrons. The number of anilines is 1. The number of hydrogen-bond donors (Lipinski definition) is 0. The molecular weight excluding hydrogens is 361 g/mol. The van der Waals surface area contributed by atoms with Crippen molar-refractivity contribution in [2.75, 3.05) is 31.1 Å². The Bertz CT molecular complexity index is 837. The van der Waals surface area contributed by atoms with Crippen LogP contribution >= 0.6 is 0 Å². The van der Waals surface area contributed by atoms with Crippen molar-refractivity contribution < 1.29 is 13.9 Å². The standard InChI is InChI=1S/C20H24FN5O2/c1-15-16(3-2-6-22-15)14-26-9-10-28-20(11-18(26)27)4-7-25(8-5-20)19-23-12-17(21)13-24-19/h2-3,6,12-13H,4-5,7-11,14H2,1H3. The lowest BCUT2D eigenvalue weighted by molar-refractivity contribution is -0.134. The summed E-state index contributed by atoms with van der Waals surface area (Å²) in [5, 5.41) is 0. The highest BCUT2D eigenvalue weighted by molar-refractivity contribution is 5.77. The molecule has 2 aliphatic heterocycles. The molecule has 2 aromatic heterocycles. The second-order valence-corrected chi connectivity index (χ2v) is 7.46. The van der Waals surface area contributed by atoms with Crippen LogP contribution in [0.4, 0.5) is 10.3 Å². The number of carbonyl (C=O) groups excluding carboxylic acids is 1. The molecule has 28 heavy (non-hydrogen) atoms. The fraction of sp³-hybridized carbons (Fsp3) is 0.500. The zero-order valence-electron chi connectivity index (χ0n) is 16.0. The average molecular weight is 385 g/mol. The smallest absolute Gasteiger partial charge is 0.225 e. The number of rotatable bonds is 3. The van der Waals surface area contributed by atoms with Crippen molar-refractivity contribution in [3.63, 3.8) is 0 Å². The highest BCUT2D eigenvalue weighted by Crippen LogP contribution is 2.33. The minimum atomic E-state index is -0.445. The fourth-order valence-electron chi connectivity index (χ4n) is 3.90. The van der Waals surface area contributed by atoms with E-state index < -0.39 is 11.4 Å². The van der Waals surface area contributed by atoms with E-state index in [-0.39, 0.29) is 5.91 Å². The highest BCUT2D eigenvalue weighted by Gasteiger charge is 2.41. The Hall–Kier alpha value is -2.61. The highest BCUT2D eigenvalue weighted by atomic mass is 19.1. The lowest BCUT2D eigenvalue weighted by Crippen LogP contribution is -2.47. The minimum absolute atomic E-state index is 0.118. The lowest BCUT2D eigenvalue weighted by atomic mass is 9.87. The SMILES string of the molecule is Cc1ncccc1CN1CCOC2(CCN(c3ncc(F)cn3)CC2)CC1=O. The van der Waals surface area contributed by atoms with Crippen LogP contribution in [-0.2, 0) is 16.1 Å². The zero-order valence-corrected chi connectivity index (χ0v) is 16.0. The number of ether oxygens (including phenoxy) is 1. The first-order chi connectivity index (χ1) is 13.5. The molecule has 2 fully saturated rings. The second kappa shape index (κ2) is 7.79. The third-order valence-corrected chi connectivity index (χ3v) is 5.64. The van der Waals surface area contributed by atoms with Crippen LogP contribution in [0, 0.1) is 12.7 Å². The van der Waals surface area contributed by atoms with Crippen molar-refractivity contribution in [3.8, 4) is 0 Å². The number of aromatic nitrogens is 3. The molecule has 8 heteroatoms. The van der Waals surface area contributed by atoms with E-state index in [1.54, 1.807) is 6.20 Å². The molecule has 7 nitrogen and oxygen atoms in total. The van der Waals surface area contributed by atoms with Crippen molar-refractivity contribution >= 4 is 11.9 Å².